The molecule has 0 fully saturated rings. The number of carbonyl (C=O) groups excluding carboxylic acids is 1. The topological polar surface area (TPSA) is 50.2 Å². The molecule has 0 bridgehead atoms. The van der Waals surface area contributed by atoms with Crippen LogP contribution in [-0.4, -0.2) is 28.8 Å². The Morgan fingerprint density at radius 1 is 1.19 bits per heavy atom. The highest BCUT2D eigenvalue weighted by Gasteiger charge is 2.18. The van der Waals surface area contributed by atoms with Crippen molar-refractivity contribution in [2.75, 3.05) is 23.3 Å². The number of benzene rings is 2. The Kier molecular flexibility index (Phi) is 4.21. The number of nitrogens with zero attached hydrogens (tertiary/aromatic N) is 3. The van der Waals surface area contributed by atoms with Crippen LogP contribution >= 0.6 is 0 Å². The average Bonchev–Trinajstić information content (AvgIpc) is 3.27. The van der Waals surface area contributed by atoms with Gasteiger partial charge in [0.2, 0.25) is 0 Å². The second kappa shape index (κ2) is 6.67. The van der Waals surface area contributed by atoms with Gasteiger partial charge in [0.1, 0.15) is 0 Å². The predicted molar refractivity (Wildman–Crippen MR) is 104 cm³/mol. The maximum atomic E-state index is 12.6. The molecule has 5 heteroatoms. The van der Waals surface area contributed by atoms with Crippen molar-refractivity contribution >= 4 is 17.3 Å². The number of hydrogen-bond acceptors (Lipinski definition) is 3. The van der Waals surface area contributed by atoms with Crippen LogP contribution in [0.5, 0.6) is 0 Å². The molecule has 0 radical (unpaired) electrons. The molecule has 1 aromatic heterocycles. The Hall–Kier alpha value is -3.08. The van der Waals surface area contributed by atoms with E-state index in [0.717, 1.165) is 36.4 Å². The molecule has 3 aromatic rings. The van der Waals surface area contributed by atoms with Crippen LogP contribution in [0.2, 0.25) is 0 Å². The summed E-state index contributed by atoms with van der Waals surface area (Å²) >= 11 is 0. The van der Waals surface area contributed by atoms with Crippen molar-refractivity contribution in [1.29, 1.82) is 0 Å². The molecule has 4 rings (SSSR count). The first-order valence-electron chi connectivity index (χ1n) is 8.95. The van der Waals surface area contributed by atoms with E-state index in [9.17, 15) is 4.79 Å². The smallest absolute Gasteiger partial charge is 0.255 e. The number of fused-ring (bicyclic) bond motifs is 1. The third-order valence-corrected chi connectivity index (χ3v) is 4.82. The lowest BCUT2D eigenvalue weighted by molar-refractivity contribution is 0.102. The Bertz CT molecular complexity index is 943. The second-order valence-electron chi connectivity index (χ2n) is 6.64. The van der Waals surface area contributed by atoms with E-state index in [1.54, 1.807) is 4.68 Å². The van der Waals surface area contributed by atoms with Crippen molar-refractivity contribution in [3.05, 3.63) is 71.5 Å². The Morgan fingerprint density at radius 2 is 2.00 bits per heavy atom. The molecule has 2 aromatic carbocycles. The lowest BCUT2D eigenvalue weighted by atomic mass is 10.1. The van der Waals surface area contributed by atoms with Gasteiger partial charge in [0.05, 0.1) is 11.9 Å². The highest BCUT2D eigenvalue weighted by atomic mass is 16.1. The molecule has 0 aliphatic carbocycles. The van der Waals surface area contributed by atoms with Crippen LogP contribution in [-0.2, 0) is 6.42 Å². The molecule has 0 spiro atoms. The number of amides is 1. The summed E-state index contributed by atoms with van der Waals surface area (Å²) in [6, 6.07) is 13.6. The van der Waals surface area contributed by atoms with Crippen LogP contribution < -0.4 is 10.2 Å². The van der Waals surface area contributed by atoms with Crippen LogP contribution in [0.15, 0.2) is 54.9 Å². The minimum Gasteiger partial charge on any atom is -0.371 e. The van der Waals surface area contributed by atoms with Gasteiger partial charge in [0.25, 0.3) is 5.91 Å². The quantitative estimate of drug-likeness (QED) is 0.781. The van der Waals surface area contributed by atoms with Crippen molar-refractivity contribution < 1.29 is 4.79 Å². The lowest BCUT2D eigenvalue weighted by Gasteiger charge is -2.17. The SMILES string of the molecule is CCN1CCc2ccc(NC(=O)c3ccc(-n4cc(C)cn4)cc3)cc21. The Labute approximate surface area is 153 Å². The lowest BCUT2D eigenvalue weighted by Crippen LogP contribution is -2.19. The molecule has 1 amide bonds. The van der Waals surface area contributed by atoms with E-state index in [0.29, 0.717) is 5.56 Å². The summed E-state index contributed by atoms with van der Waals surface area (Å²) in [5.74, 6) is -0.103. The minimum atomic E-state index is -0.103. The first-order valence-corrected chi connectivity index (χ1v) is 8.95. The zero-order chi connectivity index (χ0) is 18.1. The van der Waals surface area contributed by atoms with Crippen LogP contribution in [0.1, 0.15) is 28.4 Å². The molecule has 0 unspecified atom stereocenters. The summed E-state index contributed by atoms with van der Waals surface area (Å²) < 4.78 is 1.80. The van der Waals surface area contributed by atoms with Gasteiger partial charge in [-0.25, -0.2) is 4.68 Å². The molecular weight excluding hydrogens is 324 g/mol. The molecule has 1 N–H and O–H groups in total. The fourth-order valence-corrected chi connectivity index (χ4v) is 3.37. The van der Waals surface area contributed by atoms with E-state index in [4.69, 9.17) is 0 Å². The third-order valence-electron chi connectivity index (χ3n) is 4.82. The normalized spacial score (nSPS) is 12.9. The van der Waals surface area contributed by atoms with Crippen LogP contribution in [0.3, 0.4) is 0 Å². The van der Waals surface area contributed by atoms with Crippen molar-refractivity contribution in [1.82, 2.24) is 9.78 Å². The molecule has 0 saturated heterocycles. The Morgan fingerprint density at radius 3 is 2.69 bits per heavy atom. The number of nitrogens with one attached hydrogen (secondary N) is 1. The van der Waals surface area contributed by atoms with Gasteiger partial charge in [0.15, 0.2) is 0 Å². The molecule has 26 heavy (non-hydrogen) atoms. The molecule has 1 aliphatic rings. The fraction of sp³-hybridized carbons (Fsp3) is 0.238. The van der Waals surface area contributed by atoms with Gasteiger partial charge in [-0.2, -0.15) is 5.10 Å². The summed E-state index contributed by atoms with van der Waals surface area (Å²) in [6.45, 7) is 6.20. The summed E-state index contributed by atoms with van der Waals surface area (Å²) in [5.41, 5.74) is 6.08. The molecule has 0 saturated carbocycles. The largest absolute Gasteiger partial charge is 0.371 e. The first-order chi connectivity index (χ1) is 12.6. The Balaban J connectivity index is 1.50. The maximum absolute atomic E-state index is 12.6. The summed E-state index contributed by atoms with van der Waals surface area (Å²) in [5, 5.41) is 7.30. The standard InChI is InChI=1S/C21H22N4O/c1-3-24-11-10-16-4-7-18(12-20(16)24)23-21(26)17-5-8-19(9-6-17)25-14-15(2)13-22-25/h4-9,12-14H,3,10-11H2,1-2H3,(H,23,26). The van der Waals surface area contributed by atoms with Gasteiger partial charge in [-0.3, -0.25) is 4.79 Å². The van der Waals surface area contributed by atoms with E-state index in [-0.39, 0.29) is 5.91 Å². The third kappa shape index (κ3) is 3.08. The maximum Gasteiger partial charge on any atom is 0.255 e. The number of anilines is 2. The van der Waals surface area contributed by atoms with Crippen molar-refractivity contribution in [3.63, 3.8) is 0 Å². The number of carbonyl (C=O) groups is 1. The summed E-state index contributed by atoms with van der Waals surface area (Å²) in [7, 11) is 0. The van der Waals surface area contributed by atoms with Gasteiger partial charge >= 0.3 is 0 Å². The van der Waals surface area contributed by atoms with Crippen LogP contribution in [0.4, 0.5) is 11.4 Å². The number of aromatic nitrogens is 2. The summed E-state index contributed by atoms with van der Waals surface area (Å²) in [6.07, 6.45) is 4.85. The van der Waals surface area contributed by atoms with Gasteiger partial charge < -0.3 is 10.2 Å². The van der Waals surface area contributed by atoms with Crippen molar-refractivity contribution in [2.24, 2.45) is 0 Å². The first kappa shape index (κ1) is 16.4. The molecule has 2 heterocycles. The summed E-state index contributed by atoms with van der Waals surface area (Å²) in [4.78, 5) is 14.9. The predicted octanol–water partition coefficient (Wildman–Crippen LogP) is 3.82. The van der Waals surface area contributed by atoms with E-state index < -0.39 is 0 Å². The number of rotatable bonds is 4. The van der Waals surface area contributed by atoms with Gasteiger partial charge in [-0.15, -0.1) is 0 Å². The van der Waals surface area contributed by atoms with Gasteiger partial charge in [0, 0.05) is 36.2 Å². The van der Waals surface area contributed by atoms with Crippen molar-refractivity contribution in [3.8, 4) is 5.69 Å². The minimum absolute atomic E-state index is 0.103. The van der Waals surface area contributed by atoms with Gasteiger partial charge in [-0.1, -0.05) is 6.07 Å². The van der Waals surface area contributed by atoms with Crippen LogP contribution in [0.25, 0.3) is 5.69 Å². The molecule has 5 nitrogen and oxygen atoms in total. The van der Waals surface area contributed by atoms with Crippen LogP contribution in [0, 0.1) is 6.92 Å². The fourth-order valence-electron chi connectivity index (χ4n) is 3.37. The van der Waals surface area contributed by atoms with E-state index in [1.165, 1.54) is 11.3 Å². The highest BCUT2D eigenvalue weighted by molar-refractivity contribution is 6.04. The van der Waals surface area contributed by atoms with E-state index >= 15 is 0 Å². The monoisotopic (exact) mass is 346 g/mol. The zero-order valence-electron chi connectivity index (χ0n) is 15.1. The van der Waals surface area contributed by atoms with Crippen molar-refractivity contribution in [2.45, 2.75) is 20.3 Å². The van der Waals surface area contributed by atoms with E-state index in [1.807, 2.05) is 49.6 Å². The second-order valence-corrected chi connectivity index (χ2v) is 6.64. The van der Waals surface area contributed by atoms with E-state index in [2.05, 4.69) is 34.4 Å². The molecular formula is C21H22N4O. The number of hydrogen-bond donors (Lipinski definition) is 1. The zero-order valence-corrected chi connectivity index (χ0v) is 15.1. The highest BCUT2D eigenvalue weighted by Crippen LogP contribution is 2.30. The number of aryl methyl sites for hydroxylation is 1. The molecule has 1 aliphatic heterocycles. The molecule has 132 valence electrons. The average molecular weight is 346 g/mol. The number of likely N-dealkylation sites (N-methyl/N-ethyl adjacent to an activating group) is 1. The van der Waals surface area contributed by atoms with Gasteiger partial charge in [-0.05, 0) is 67.8 Å². The molecule has 0 atom stereocenters.